The average Bonchev–Trinajstić information content (AvgIpc) is 2.80. The van der Waals surface area contributed by atoms with Gasteiger partial charge in [-0.25, -0.2) is 4.98 Å². The summed E-state index contributed by atoms with van der Waals surface area (Å²) < 4.78 is 8.98. The molecule has 2 heterocycles. The number of hydrogen-bond donors (Lipinski definition) is 1. The van der Waals surface area contributed by atoms with Crippen LogP contribution in [-0.2, 0) is 22.6 Å². The molecular formula is C14H18N4O3S2. The zero-order valence-corrected chi connectivity index (χ0v) is 14.6. The maximum absolute atomic E-state index is 12.5. The summed E-state index contributed by atoms with van der Waals surface area (Å²) in [5.74, 6) is -0.271. The number of hydrogen-bond acceptors (Lipinski definition) is 6. The molecule has 1 amide bonds. The van der Waals surface area contributed by atoms with Gasteiger partial charge in [0.05, 0.1) is 6.61 Å². The Morgan fingerprint density at radius 3 is 3.04 bits per heavy atom. The van der Waals surface area contributed by atoms with Crippen LogP contribution in [0.5, 0.6) is 0 Å². The summed E-state index contributed by atoms with van der Waals surface area (Å²) >= 11 is 6.44. The predicted molar refractivity (Wildman–Crippen MR) is 92.4 cm³/mol. The van der Waals surface area contributed by atoms with Crippen LogP contribution in [0.4, 0.5) is 0 Å². The third-order valence-electron chi connectivity index (χ3n) is 3.09. The fourth-order valence-corrected chi connectivity index (χ4v) is 3.46. The third kappa shape index (κ3) is 3.92. The van der Waals surface area contributed by atoms with E-state index in [0.29, 0.717) is 27.5 Å². The maximum atomic E-state index is 12.5. The Kier molecular flexibility index (Phi) is 5.80. The van der Waals surface area contributed by atoms with Gasteiger partial charge >= 0.3 is 0 Å². The minimum atomic E-state index is -0.275. The van der Waals surface area contributed by atoms with Gasteiger partial charge in [-0.05, 0) is 19.1 Å². The van der Waals surface area contributed by atoms with Crippen molar-refractivity contribution >= 4 is 39.8 Å². The Labute approximate surface area is 142 Å². The van der Waals surface area contributed by atoms with Crippen LogP contribution in [0.3, 0.4) is 0 Å². The fraction of sp³-hybridized carbons (Fsp3) is 0.429. The molecule has 1 unspecified atom stereocenters. The molecule has 2 aromatic heterocycles. The van der Waals surface area contributed by atoms with Gasteiger partial charge in [0.25, 0.3) is 5.56 Å². The maximum Gasteiger partial charge on any atom is 0.273 e. The van der Waals surface area contributed by atoms with Crippen molar-refractivity contribution in [2.45, 2.75) is 26.1 Å². The molecule has 0 radical (unpaired) electrons. The highest BCUT2D eigenvalue weighted by Gasteiger charge is 2.14. The molecule has 9 heteroatoms. The Hall–Kier alpha value is -1.84. The summed E-state index contributed by atoms with van der Waals surface area (Å²) in [5.41, 5.74) is 0.248. The minimum Gasteiger partial charge on any atom is -0.383 e. The topological polar surface area (TPSA) is 78.2 Å². The molecule has 23 heavy (non-hydrogen) atoms. The molecule has 1 N–H and O–H groups in total. The molecule has 0 bridgehead atoms. The highest BCUT2D eigenvalue weighted by atomic mass is 32.1. The van der Waals surface area contributed by atoms with E-state index in [-0.39, 0.29) is 24.1 Å². The molecule has 0 spiro atoms. The van der Waals surface area contributed by atoms with Gasteiger partial charge in [-0.1, -0.05) is 17.4 Å². The zero-order valence-electron chi connectivity index (χ0n) is 12.9. The van der Waals surface area contributed by atoms with E-state index in [1.165, 1.54) is 22.2 Å². The number of rotatable bonds is 7. The van der Waals surface area contributed by atoms with E-state index in [2.05, 4.69) is 16.9 Å². The molecule has 0 fully saturated rings. The third-order valence-corrected chi connectivity index (χ3v) is 4.52. The van der Waals surface area contributed by atoms with Gasteiger partial charge in [0, 0.05) is 19.7 Å². The number of amides is 1. The zero-order chi connectivity index (χ0) is 17.0. The van der Waals surface area contributed by atoms with Crippen molar-refractivity contribution in [1.82, 2.24) is 19.4 Å². The second-order valence-electron chi connectivity index (χ2n) is 5.02. The van der Waals surface area contributed by atoms with Gasteiger partial charge in [-0.3, -0.25) is 14.2 Å². The van der Waals surface area contributed by atoms with Crippen molar-refractivity contribution in [1.29, 1.82) is 0 Å². The number of carbonyl (C=O) groups is 1. The van der Waals surface area contributed by atoms with Crippen molar-refractivity contribution in [2.75, 3.05) is 13.7 Å². The quantitative estimate of drug-likeness (QED) is 0.599. The van der Waals surface area contributed by atoms with Crippen LogP contribution in [0, 0.1) is 3.95 Å². The molecule has 0 aliphatic carbocycles. The first-order chi connectivity index (χ1) is 11.0. The summed E-state index contributed by atoms with van der Waals surface area (Å²) in [5, 5.41) is 2.75. The second kappa shape index (κ2) is 7.62. The lowest BCUT2D eigenvalue weighted by atomic mass is 10.3. The van der Waals surface area contributed by atoms with E-state index >= 15 is 0 Å². The number of ether oxygens (including phenoxy) is 1. The molecule has 2 aromatic rings. The smallest absolute Gasteiger partial charge is 0.273 e. The number of carbonyl (C=O) groups excluding carboxylic acids is 1. The summed E-state index contributed by atoms with van der Waals surface area (Å²) in [6.07, 6.45) is 3.06. The summed E-state index contributed by atoms with van der Waals surface area (Å²) in [6.45, 7) is 6.30. The number of methoxy groups -OCH3 is 1. The number of aromatic nitrogens is 3. The van der Waals surface area contributed by atoms with Crippen LogP contribution in [-0.4, -0.2) is 39.8 Å². The van der Waals surface area contributed by atoms with Crippen LogP contribution < -0.4 is 10.9 Å². The molecule has 124 valence electrons. The van der Waals surface area contributed by atoms with Crippen molar-refractivity contribution in [3.8, 4) is 0 Å². The highest BCUT2D eigenvalue weighted by Crippen LogP contribution is 2.17. The summed E-state index contributed by atoms with van der Waals surface area (Å²) in [6, 6.07) is -0.129. The Morgan fingerprint density at radius 1 is 1.65 bits per heavy atom. The molecule has 0 saturated heterocycles. The average molecular weight is 354 g/mol. The van der Waals surface area contributed by atoms with E-state index in [9.17, 15) is 9.59 Å². The Morgan fingerprint density at radius 2 is 2.39 bits per heavy atom. The molecule has 1 atom stereocenters. The number of nitrogens with zero attached hydrogens (tertiary/aromatic N) is 3. The lowest BCUT2D eigenvalue weighted by Gasteiger charge is -2.13. The van der Waals surface area contributed by atoms with Gasteiger partial charge in [0.2, 0.25) is 5.91 Å². The van der Waals surface area contributed by atoms with Crippen LogP contribution in [0.1, 0.15) is 6.92 Å². The number of allylic oxidation sites excluding steroid dienone is 1. The van der Waals surface area contributed by atoms with Gasteiger partial charge < -0.3 is 14.6 Å². The molecule has 2 rings (SSSR count). The van der Waals surface area contributed by atoms with Crippen molar-refractivity contribution in [3.05, 3.63) is 33.3 Å². The number of fused-ring (bicyclic) bond motifs is 1. The molecule has 0 aliphatic rings. The summed E-state index contributed by atoms with van der Waals surface area (Å²) in [7, 11) is 1.56. The van der Waals surface area contributed by atoms with Crippen LogP contribution in [0.2, 0.25) is 0 Å². The molecule has 7 nitrogen and oxygen atoms in total. The van der Waals surface area contributed by atoms with Crippen LogP contribution >= 0.6 is 23.6 Å². The normalized spacial score (nSPS) is 12.3. The van der Waals surface area contributed by atoms with E-state index in [4.69, 9.17) is 17.0 Å². The van der Waals surface area contributed by atoms with Crippen molar-refractivity contribution < 1.29 is 9.53 Å². The standard InChI is InChI=1S/C14H18N4O3S2/c1-4-5-18-12-11(23-14(18)22)13(20)17(8-15-12)6-10(19)16-9(2)7-21-3/h4,8-9H,1,5-7H2,2-3H3,(H,16,19). The van der Waals surface area contributed by atoms with Crippen LogP contribution in [0.25, 0.3) is 10.3 Å². The molecule has 0 aliphatic heterocycles. The minimum absolute atomic E-state index is 0.0953. The van der Waals surface area contributed by atoms with Gasteiger partial charge in [0.1, 0.15) is 17.6 Å². The van der Waals surface area contributed by atoms with E-state index in [0.717, 1.165) is 0 Å². The number of nitrogens with one attached hydrogen (secondary N) is 1. The molecule has 0 aromatic carbocycles. The van der Waals surface area contributed by atoms with E-state index in [1.807, 2.05) is 6.92 Å². The predicted octanol–water partition coefficient (Wildman–Crippen LogP) is 1.33. The molecular weight excluding hydrogens is 336 g/mol. The highest BCUT2D eigenvalue weighted by molar-refractivity contribution is 7.73. The van der Waals surface area contributed by atoms with Gasteiger partial charge in [-0.15, -0.1) is 6.58 Å². The lowest BCUT2D eigenvalue weighted by molar-refractivity contribution is -0.122. The van der Waals surface area contributed by atoms with E-state index in [1.54, 1.807) is 17.8 Å². The summed E-state index contributed by atoms with van der Waals surface area (Å²) in [4.78, 5) is 28.7. The first-order valence-corrected chi connectivity index (χ1v) is 8.18. The first kappa shape index (κ1) is 17.5. The van der Waals surface area contributed by atoms with Gasteiger partial charge in [-0.2, -0.15) is 0 Å². The fourth-order valence-electron chi connectivity index (χ4n) is 2.14. The Bertz CT molecular complexity index is 837. The molecule has 0 saturated carbocycles. The number of thiazole rings is 1. The van der Waals surface area contributed by atoms with Crippen LogP contribution in [0.15, 0.2) is 23.8 Å². The lowest BCUT2D eigenvalue weighted by Crippen LogP contribution is -2.39. The largest absolute Gasteiger partial charge is 0.383 e. The van der Waals surface area contributed by atoms with Gasteiger partial charge in [0.15, 0.2) is 9.60 Å². The Balaban J connectivity index is 2.28. The first-order valence-electron chi connectivity index (χ1n) is 6.96. The van der Waals surface area contributed by atoms with Crippen molar-refractivity contribution in [2.24, 2.45) is 0 Å². The van der Waals surface area contributed by atoms with Crippen molar-refractivity contribution in [3.63, 3.8) is 0 Å². The monoisotopic (exact) mass is 354 g/mol. The van der Waals surface area contributed by atoms with E-state index < -0.39 is 0 Å². The second-order valence-corrected chi connectivity index (χ2v) is 6.67. The SMILES string of the molecule is C=CCn1c(=S)sc2c(=O)n(CC(=O)NC(C)COC)cnc21.